The van der Waals surface area contributed by atoms with Gasteiger partial charge in [-0.15, -0.1) is 0 Å². The van der Waals surface area contributed by atoms with Crippen molar-refractivity contribution < 1.29 is 22.8 Å². The van der Waals surface area contributed by atoms with Gasteiger partial charge in [0.2, 0.25) is 0 Å². The van der Waals surface area contributed by atoms with Crippen molar-refractivity contribution in [1.29, 1.82) is 0 Å². The van der Waals surface area contributed by atoms with E-state index in [0.29, 0.717) is 5.69 Å². The molecule has 0 spiro atoms. The lowest BCUT2D eigenvalue weighted by molar-refractivity contribution is -0.143. The van der Waals surface area contributed by atoms with Crippen LogP contribution >= 0.6 is 0 Å². The lowest BCUT2D eigenvalue weighted by atomic mass is 10.1. The molecule has 0 saturated heterocycles. The number of hydroxylamine groups is 1. The Morgan fingerprint density at radius 1 is 0.882 bits per heavy atom. The van der Waals surface area contributed by atoms with Gasteiger partial charge in [0.15, 0.2) is 0 Å². The van der Waals surface area contributed by atoms with E-state index in [1.165, 1.54) is 69.1 Å². The summed E-state index contributed by atoms with van der Waals surface area (Å²) >= 11 is 0. The number of unbranched alkanes of at least 4 members (excludes halogenated alkanes) is 8. The standard InChI is InChI=1S/C28H34F3NO2/c1-3-4-5-6-7-8-9-10-11-12-13-24-14-16-25(17-15-24)22-32(34-23(2)33)27-20-18-26(19-21-27)28(29,30)31/h14-21H,3-11,22H2,1-2H3. The fourth-order valence-corrected chi connectivity index (χ4v) is 3.52. The van der Waals surface area contributed by atoms with E-state index in [1.807, 2.05) is 24.3 Å². The normalized spacial score (nSPS) is 11.0. The molecule has 0 unspecified atom stereocenters. The first-order chi connectivity index (χ1) is 16.3. The minimum atomic E-state index is -4.42. The molecule has 34 heavy (non-hydrogen) atoms. The summed E-state index contributed by atoms with van der Waals surface area (Å²) in [6, 6.07) is 12.1. The first-order valence-electron chi connectivity index (χ1n) is 12.0. The number of rotatable bonds is 12. The summed E-state index contributed by atoms with van der Waals surface area (Å²) in [5.41, 5.74) is 1.35. The van der Waals surface area contributed by atoms with Gasteiger partial charge in [-0.3, -0.25) is 4.79 Å². The second kappa shape index (κ2) is 14.3. The maximum Gasteiger partial charge on any atom is 0.416 e. The number of carbonyl (C=O) groups excluding carboxylic acids is 1. The van der Waals surface area contributed by atoms with Gasteiger partial charge in [-0.1, -0.05) is 75.8 Å². The van der Waals surface area contributed by atoms with Gasteiger partial charge in [0.25, 0.3) is 0 Å². The van der Waals surface area contributed by atoms with Crippen molar-refractivity contribution in [2.45, 2.75) is 84.4 Å². The molecule has 0 aliphatic rings. The van der Waals surface area contributed by atoms with Gasteiger partial charge in [0.1, 0.15) is 0 Å². The lowest BCUT2D eigenvalue weighted by Gasteiger charge is -2.23. The summed E-state index contributed by atoms with van der Waals surface area (Å²) in [5, 5.41) is 1.28. The van der Waals surface area contributed by atoms with Crippen LogP contribution in [0.4, 0.5) is 18.9 Å². The molecule has 6 heteroatoms. The summed E-state index contributed by atoms with van der Waals surface area (Å²) in [7, 11) is 0. The molecule has 0 bridgehead atoms. The maximum absolute atomic E-state index is 12.8. The zero-order chi connectivity index (χ0) is 24.8. The predicted octanol–water partition coefficient (Wildman–Crippen LogP) is 8.07. The van der Waals surface area contributed by atoms with Crippen LogP contribution in [0.25, 0.3) is 0 Å². The second-order valence-corrected chi connectivity index (χ2v) is 8.39. The Bertz CT molecular complexity index is 925. The third-order valence-corrected chi connectivity index (χ3v) is 5.39. The van der Waals surface area contributed by atoms with Gasteiger partial charge in [0, 0.05) is 18.9 Å². The van der Waals surface area contributed by atoms with Crippen molar-refractivity contribution in [2.75, 3.05) is 5.06 Å². The highest BCUT2D eigenvalue weighted by atomic mass is 19.4. The van der Waals surface area contributed by atoms with Gasteiger partial charge in [0.05, 0.1) is 17.8 Å². The van der Waals surface area contributed by atoms with Crippen LogP contribution in [0.2, 0.25) is 0 Å². The highest BCUT2D eigenvalue weighted by Gasteiger charge is 2.30. The van der Waals surface area contributed by atoms with Crippen LogP contribution in [0, 0.1) is 11.8 Å². The molecule has 0 atom stereocenters. The van der Waals surface area contributed by atoms with E-state index in [-0.39, 0.29) is 6.54 Å². The van der Waals surface area contributed by atoms with Gasteiger partial charge < -0.3 is 4.84 Å². The average Bonchev–Trinajstić information content (AvgIpc) is 2.80. The van der Waals surface area contributed by atoms with Crippen molar-refractivity contribution in [3.05, 3.63) is 65.2 Å². The van der Waals surface area contributed by atoms with Crippen LogP contribution in [-0.4, -0.2) is 5.97 Å². The number of carbonyl (C=O) groups is 1. The summed E-state index contributed by atoms with van der Waals surface area (Å²) in [5.74, 6) is 5.84. The quantitative estimate of drug-likeness (QED) is 0.177. The first-order valence-corrected chi connectivity index (χ1v) is 12.0. The highest BCUT2D eigenvalue weighted by Crippen LogP contribution is 2.31. The Hall–Kier alpha value is -2.94. The van der Waals surface area contributed by atoms with Crippen LogP contribution in [0.3, 0.4) is 0 Å². The van der Waals surface area contributed by atoms with E-state index in [4.69, 9.17) is 4.84 Å². The monoisotopic (exact) mass is 473 g/mol. The van der Waals surface area contributed by atoms with Crippen LogP contribution in [-0.2, 0) is 22.4 Å². The largest absolute Gasteiger partial charge is 0.416 e. The number of alkyl halides is 3. The highest BCUT2D eigenvalue weighted by molar-refractivity contribution is 5.67. The smallest absolute Gasteiger partial charge is 0.341 e. The molecule has 0 radical (unpaired) electrons. The van der Waals surface area contributed by atoms with Gasteiger partial charge in [-0.25, -0.2) is 5.06 Å². The minimum Gasteiger partial charge on any atom is -0.341 e. The summed E-state index contributed by atoms with van der Waals surface area (Å²) in [6.07, 6.45) is 6.67. The van der Waals surface area contributed by atoms with E-state index in [1.54, 1.807) is 0 Å². The third-order valence-electron chi connectivity index (χ3n) is 5.39. The topological polar surface area (TPSA) is 29.5 Å². The molecule has 0 heterocycles. The Labute approximate surface area is 201 Å². The molecule has 0 saturated carbocycles. The van der Waals surface area contributed by atoms with Crippen LogP contribution < -0.4 is 5.06 Å². The van der Waals surface area contributed by atoms with Crippen molar-refractivity contribution >= 4 is 11.7 Å². The molecule has 0 fully saturated rings. The average molecular weight is 474 g/mol. The van der Waals surface area contributed by atoms with Crippen molar-refractivity contribution in [1.82, 2.24) is 0 Å². The molecular weight excluding hydrogens is 439 g/mol. The molecule has 2 rings (SSSR count). The number of benzene rings is 2. The van der Waals surface area contributed by atoms with Crippen LogP contribution in [0.15, 0.2) is 48.5 Å². The Morgan fingerprint density at radius 2 is 1.47 bits per heavy atom. The van der Waals surface area contributed by atoms with Crippen LogP contribution in [0.1, 0.15) is 88.3 Å². The molecule has 0 aliphatic heterocycles. The molecule has 3 nitrogen and oxygen atoms in total. The molecule has 0 aliphatic carbocycles. The number of nitrogens with zero attached hydrogens (tertiary/aromatic N) is 1. The Morgan fingerprint density at radius 3 is 2.03 bits per heavy atom. The number of anilines is 1. The summed E-state index contributed by atoms with van der Waals surface area (Å²) in [4.78, 5) is 16.7. The molecule has 2 aromatic rings. The minimum absolute atomic E-state index is 0.205. The van der Waals surface area contributed by atoms with E-state index in [9.17, 15) is 18.0 Å². The molecule has 0 N–H and O–H groups in total. The fraction of sp³-hybridized carbons (Fsp3) is 0.464. The first kappa shape index (κ1) is 27.3. The second-order valence-electron chi connectivity index (χ2n) is 8.39. The van der Waals surface area contributed by atoms with Gasteiger partial charge >= 0.3 is 12.1 Å². The van der Waals surface area contributed by atoms with E-state index >= 15 is 0 Å². The number of halogens is 3. The zero-order valence-electron chi connectivity index (χ0n) is 20.1. The molecule has 0 amide bonds. The van der Waals surface area contributed by atoms with E-state index in [2.05, 4.69) is 18.8 Å². The van der Waals surface area contributed by atoms with E-state index in [0.717, 1.165) is 36.1 Å². The number of hydrogen-bond donors (Lipinski definition) is 0. The van der Waals surface area contributed by atoms with E-state index < -0.39 is 17.7 Å². The Balaban J connectivity index is 1.86. The van der Waals surface area contributed by atoms with Crippen molar-refractivity contribution in [3.8, 4) is 11.8 Å². The Kier molecular flexibility index (Phi) is 11.5. The summed E-state index contributed by atoms with van der Waals surface area (Å²) in [6.45, 7) is 3.69. The van der Waals surface area contributed by atoms with Crippen LogP contribution in [0.5, 0.6) is 0 Å². The summed E-state index contributed by atoms with van der Waals surface area (Å²) < 4.78 is 38.5. The molecule has 0 aromatic heterocycles. The third kappa shape index (κ3) is 10.3. The van der Waals surface area contributed by atoms with Gasteiger partial charge in [-0.05, 0) is 48.4 Å². The van der Waals surface area contributed by atoms with Crippen molar-refractivity contribution in [2.24, 2.45) is 0 Å². The lowest BCUT2D eigenvalue weighted by Crippen LogP contribution is -2.25. The molecular formula is C28H34F3NO2. The number of hydrogen-bond acceptors (Lipinski definition) is 3. The zero-order valence-corrected chi connectivity index (χ0v) is 20.1. The SMILES string of the molecule is CCCCCCCCCCC#Cc1ccc(CN(OC(C)=O)c2ccc(C(F)(F)F)cc2)cc1. The predicted molar refractivity (Wildman–Crippen MR) is 130 cm³/mol. The fourth-order valence-electron chi connectivity index (χ4n) is 3.52. The maximum atomic E-state index is 12.8. The molecule has 2 aromatic carbocycles. The van der Waals surface area contributed by atoms with Crippen molar-refractivity contribution in [3.63, 3.8) is 0 Å². The van der Waals surface area contributed by atoms with Gasteiger partial charge in [-0.2, -0.15) is 13.2 Å². The molecule has 184 valence electrons.